The van der Waals surface area contributed by atoms with Gasteiger partial charge in [0.1, 0.15) is 0 Å². The van der Waals surface area contributed by atoms with Crippen molar-refractivity contribution in [2.45, 2.75) is 46.2 Å². The smallest absolute Gasteiger partial charge is 0.338 e. The molecule has 1 aliphatic heterocycles. The Labute approximate surface area is 225 Å². The van der Waals surface area contributed by atoms with E-state index in [-0.39, 0.29) is 12.2 Å². The van der Waals surface area contributed by atoms with Gasteiger partial charge in [0.25, 0.3) is 5.56 Å². The summed E-state index contributed by atoms with van der Waals surface area (Å²) in [7, 11) is 0. The Morgan fingerprint density at radius 3 is 2.61 bits per heavy atom. The van der Waals surface area contributed by atoms with E-state index in [9.17, 15) is 9.59 Å². The molecule has 0 amide bonds. The number of carbonyl (C=O) groups excluding carboxylic acids is 1. The first-order valence-electron chi connectivity index (χ1n) is 12.8. The van der Waals surface area contributed by atoms with Crippen molar-refractivity contribution >= 4 is 34.3 Å². The van der Waals surface area contributed by atoms with E-state index in [2.05, 4.69) is 49.3 Å². The van der Waals surface area contributed by atoms with Crippen LogP contribution in [0.15, 0.2) is 88.4 Å². The van der Waals surface area contributed by atoms with Crippen molar-refractivity contribution in [1.29, 1.82) is 0 Å². The van der Waals surface area contributed by atoms with Crippen molar-refractivity contribution in [1.82, 2.24) is 9.13 Å². The predicted octanol–water partition coefficient (Wildman–Crippen LogP) is 5.06. The lowest BCUT2D eigenvalue weighted by atomic mass is 9.93. The number of para-hydroxylation sites is 1. The van der Waals surface area contributed by atoms with E-state index in [1.807, 2.05) is 49.5 Å². The minimum atomic E-state index is -0.615. The normalized spacial score (nSPS) is 15.6. The number of rotatable bonds is 7. The number of hydrogen-bond acceptors (Lipinski definition) is 5. The van der Waals surface area contributed by atoms with Gasteiger partial charge in [-0.05, 0) is 43.0 Å². The average Bonchev–Trinajstić information content (AvgIpc) is 3.40. The summed E-state index contributed by atoms with van der Waals surface area (Å²) in [5.74, 6) is -0.0791. The van der Waals surface area contributed by atoms with E-state index in [1.165, 1.54) is 16.9 Å². The Balaban J connectivity index is 1.72. The second kappa shape index (κ2) is 10.4. The van der Waals surface area contributed by atoms with Gasteiger partial charge < -0.3 is 9.30 Å². The molecule has 7 heteroatoms. The summed E-state index contributed by atoms with van der Waals surface area (Å²) in [4.78, 5) is 32.4. The van der Waals surface area contributed by atoms with Crippen LogP contribution in [0, 0.1) is 0 Å². The number of carbonyl (C=O) groups is 1. The molecule has 0 N–H and O–H groups in total. The number of hydrogen-bond donors (Lipinski definition) is 0. The maximum Gasteiger partial charge on any atom is 0.338 e. The van der Waals surface area contributed by atoms with Crippen LogP contribution in [0.3, 0.4) is 0 Å². The number of benzene rings is 2. The summed E-state index contributed by atoms with van der Waals surface area (Å²) < 4.78 is 9.73. The number of thiazole rings is 1. The first-order chi connectivity index (χ1) is 18.3. The van der Waals surface area contributed by atoms with E-state index >= 15 is 0 Å². The molecular weight excluding hydrogens is 494 g/mol. The topological polar surface area (TPSA) is 65.6 Å². The minimum absolute atomic E-state index is 0.179. The molecule has 194 valence electrons. The van der Waals surface area contributed by atoms with Gasteiger partial charge in [0, 0.05) is 29.2 Å². The van der Waals surface area contributed by atoms with Gasteiger partial charge in [-0.2, -0.15) is 0 Å². The van der Waals surface area contributed by atoms with Gasteiger partial charge in [0.05, 0.1) is 28.5 Å². The standard InChI is InChI=1S/C31H31N3O3S/c1-6-16-33-18-23(24-10-8-9-11-25(24)33)17-26-29(35)34-28(22-14-12-21(13-15-22)19(3)4)27(30(36)37-7-2)20(5)32-31(34)38-26/h6,8-15,17-19,28H,1,7,16H2,2-5H3/b26-17+/t28-/m0/s1. The zero-order valence-electron chi connectivity index (χ0n) is 22.1. The summed E-state index contributed by atoms with van der Waals surface area (Å²) in [6.07, 6.45) is 5.82. The average molecular weight is 526 g/mol. The zero-order chi connectivity index (χ0) is 27.0. The predicted molar refractivity (Wildman–Crippen MR) is 153 cm³/mol. The van der Waals surface area contributed by atoms with Gasteiger partial charge in [-0.1, -0.05) is 73.7 Å². The van der Waals surface area contributed by atoms with Crippen LogP contribution < -0.4 is 14.9 Å². The van der Waals surface area contributed by atoms with Crippen LogP contribution in [0.1, 0.15) is 56.3 Å². The number of ether oxygens (including phenoxy) is 1. The number of allylic oxidation sites excluding steroid dienone is 2. The van der Waals surface area contributed by atoms with E-state index in [1.54, 1.807) is 11.5 Å². The highest BCUT2D eigenvalue weighted by Crippen LogP contribution is 2.31. The van der Waals surface area contributed by atoms with Gasteiger partial charge in [-0.3, -0.25) is 9.36 Å². The van der Waals surface area contributed by atoms with Gasteiger partial charge in [-0.15, -0.1) is 6.58 Å². The zero-order valence-corrected chi connectivity index (χ0v) is 22.9. The summed E-state index contributed by atoms with van der Waals surface area (Å²) in [6.45, 7) is 12.6. The van der Waals surface area contributed by atoms with Crippen molar-refractivity contribution in [3.8, 4) is 0 Å². The van der Waals surface area contributed by atoms with Gasteiger partial charge in [0.2, 0.25) is 0 Å². The van der Waals surface area contributed by atoms with E-state index in [4.69, 9.17) is 9.73 Å². The Morgan fingerprint density at radius 2 is 1.92 bits per heavy atom. The van der Waals surface area contributed by atoms with Crippen molar-refractivity contribution < 1.29 is 9.53 Å². The first kappa shape index (κ1) is 25.7. The molecule has 0 saturated carbocycles. The van der Waals surface area contributed by atoms with Crippen LogP contribution in [-0.4, -0.2) is 21.7 Å². The fourth-order valence-electron chi connectivity index (χ4n) is 4.99. The van der Waals surface area contributed by atoms with E-state index in [0.717, 1.165) is 22.0 Å². The minimum Gasteiger partial charge on any atom is -0.463 e. The quantitative estimate of drug-likeness (QED) is 0.250. The molecule has 1 atom stereocenters. The Bertz CT molecular complexity index is 1750. The van der Waals surface area contributed by atoms with Crippen molar-refractivity contribution in [3.63, 3.8) is 0 Å². The molecular formula is C31H31N3O3S. The van der Waals surface area contributed by atoms with Gasteiger partial charge in [-0.25, -0.2) is 9.79 Å². The van der Waals surface area contributed by atoms with Crippen LogP contribution >= 0.6 is 11.3 Å². The summed E-state index contributed by atoms with van der Waals surface area (Å²) >= 11 is 1.34. The summed E-state index contributed by atoms with van der Waals surface area (Å²) in [6, 6.07) is 15.6. The molecule has 1 aliphatic rings. The lowest BCUT2D eigenvalue weighted by Gasteiger charge is -2.25. The monoisotopic (exact) mass is 525 g/mol. The van der Waals surface area contributed by atoms with Crippen LogP contribution in [0.2, 0.25) is 0 Å². The largest absolute Gasteiger partial charge is 0.463 e. The highest BCUT2D eigenvalue weighted by atomic mass is 32.1. The molecule has 6 nitrogen and oxygen atoms in total. The molecule has 0 aliphatic carbocycles. The molecule has 2 aromatic carbocycles. The lowest BCUT2D eigenvalue weighted by molar-refractivity contribution is -0.139. The number of aromatic nitrogens is 2. The molecule has 4 aromatic rings. The highest BCUT2D eigenvalue weighted by molar-refractivity contribution is 7.07. The first-order valence-corrected chi connectivity index (χ1v) is 13.6. The molecule has 38 heavy (non-hydrogen) atoms. The second-order valence-electron chi connectivity index (χ2n) is 9.67. The Morgan fingerprint density at radius 1 is 1.18 bits per heavy atom. The molecule has 0 spiro atoms. The number of esters is 1. The molecule has 0 bridgehead atoms. The highest BCUT2D eigenvalue weighted by Gasteiger charge is 2.33. The second-order valence-corrected chi connectivity index (χ2v) is 10.7. The third kappa shape index (κ3) is 4.47. The Kier molecular flexibility index (Phi) is 7.04. The maximum absolute atomic E-state index is 14.0. The fraction of sp³-hybridized carbons (Fsp3) is 0.258. The molecule has 2 aromatic heterocycles. The molecule has 5 rings (SSSR count). The molecule has 0 radical (unpaired) electrons. The SMILES string of the molecule is C=CCn1cc(/C=c2/sc3n(c2=O)[C@@H](c2ccc(C(C)C)cc2)C(C(=O)OCC)=C(C)N=3)c2ccccc21. The van der Waals surface area contributed by atoms with Crippen molar-refractivity contribution in [3.05, 3.63) is 115 Å². The number of nitrogens with zero attached hydrogens (tertiary/aromatic N) is 3. The Hall–Kier alpha value is -3.97. The van der Waals surface area contributed by atoms with Crippen LogP contribution in [-0.2, 0) is 16.1 Å². The van der Waals surface area contributed by atoms with Crippen LogP contribution in [0.5, 0.6) is 0 Å². The van der Waals surface area contributed by atoms with E-state index in [0.29, 0.717) is 33.1 Å². The summed E-state index contributed by atoms with van der Waals surface area (Å²) in [5.41, 5.74) is 4.85. The van der Waals surface area contributed by atoms with E-state index < -0.39 is 12.0 Å². The molecule has 0 fully saturated rings. The number of fused-ring (bicyclic) bond motifs is 2. The van der Waals surface area contributed by atoms with Gasteiger partial charge >= 0.3 is 5.97 Å². The van der Waals surface area contributed by atoms with Crippen LogP contribution in [0.25, 0.3) is 17.0 Å². The van der Waals surface area contributed by atoms with Crippen molar-refractivity contribution in [2.75, 3.05) is 6.61 Å². The third-order valence-corrected chi connectivity index (χ3v) is 7.85. The van der Waals surface area contributed by atoms with Crippen molar-refractivity contribution in [2.24, 2.45) is 4.99 Å². The molecule has 3 heterocycles. The fourth-order valence-corrected chi connectivity index (χ4v) is 6.03. The third-order valence-electron chi connectivity index (χ3n) is 6.87. The molecule has 0 saturated heterocycles. The maximum atomic E-state index is 14.0. The molecule has 0 unspecified atom stereocenters. The van der Waals surface area contributed by atoms with Gasteiger partial charge in [0.15, 0.2) is 4.80 Å². The lowest BCUT2D eigenvalue weighted by Crippen LogP contribution is -2.39. The summed E-state index contributed by atoms with van der Waals surface area (Å²) in [5, 5.41) is 1.06. The van der Waals surface area contributed by atoms with Crippen LogP contribution in [0.4, 0.5) is 0 Å².